The number of aromatic amines is 1. The Kier molecular flexibility index (Phi) is 3.15. The normalized spacial score (nSPS) is 11.1. The largest absolute Gasteiger partial charge is 0.305 e. The number of hydrogen-bond donors (Lipinski definition) is 1. The minimum Gasteiger partial charge on any atom is -0.305 e. The lowest BCUT2D eigenvalue weighted by atomic mass is 10.0. The van der Waals surface area contributed by atoms with E-state index in [9.17, 15) is 13.6 Å². The minimum atomic E-state index is -0.667. The van der Waals surface area contributed by atoms with Crippen LogP contribution in [0.3, 0.4) is 0 Å². The summed E-state index contributed by atoms with van der Waals surface area (Å²) in [6.07, 6.45) is 1.47. The molecule has 5 nitrogen and oxygen atoms in total. The monoisotopic (exact) mass is 336 g/mol. The van der Waals surface area contributed by atoms with Crippen LogP contribution in [0.2, 0.25) is 0 Å². The van der Waals surface area contributed by atoms with E-state index in [1.165, 1.54) is 18.3 Å². The van der Waals surface area contributed by atoms with Crippen LogP contribution in [0.15, 0.2) is 41.3 Å². The summed E-state index contributed by atoms with van der Waals surface area (Å²) in [7, 11) is 1.70. The van der Waals surface area contributed by atoms with E-state index in [1.807, 2.05) is 6.07 Å². The van der Waals surface area contributed by atoms with Crippen molar-refractivity contribution >= 4 is 21.8 Å². The van der Waals surface area contributed by atoms with Gasteiger partial charge in [-0.2, -0.15) is 5.26 Å². The lowest BCUT2D eigenvalue weighted by molar-refractivity contribution is 0.630. The van der Waals surface area contributed by atoms with Gasteiger partial charge >= 0.3 is 0 Å². The van der Waals surface area contributed by atoms with E-state index in [0.29, 0.717) is 5.52 Å². The first-order valence-electron chi connectivity index (χ1n) is 7.37. The van der Waals surface area contributed by atoms with Crippen molar-refractivity contribution in [2.45, 2.75) is 0 Å². The van der Waals surface area contributed by atoms with E-state index >= 15 is 0 Å². The van der Waals surface area contributed by atoms with Gasteiger partial charge in [-0.3, -0.25) is 9.48 Å². The van der Waals surface area contributed by atoms with E-state index in [-0.39, 0.29) is 33.1 Å². The Morgan fingerprint density at radius 1 is 1.24 bits per heavy atom. The number of aromatic nitrogens is 3. The molecule has 0 aliphatic rings. The summed E-state index contributed by atoms with van der Waals surface area (Å²) in [6, 6.07) is 8.36. The molecule has 0 radical (unpaired) electrons. The highest BCUT2D eigenvalue weighted by Gasteiger charge is 2.17. The van der Waals surface area contributed by atoms with Crippen molar-refractivity contribution in [1.29, 1.82) is 5.26 Å². The van der Waals surface area contributed by atoms with Gasteiger partial charge in [0.15, 0.2) is 5.43 Å². The predicted molar refractivity (Wildman–Crippen MR) is 88.9 cm³/mol. The number of halogens is 2. The average molecular weight is 336 g/mol. The van der Waals surface area contributed by atoms with Crippen LogP contribution in [0.5, 0.6) is 0 Å². The Hall–Kier alpha value is -3.53. The molecule has 0 bridgehead atoms. The van der Waals surface area contributed by atoms with Gasteiger partial charge in [0.1, 0.15) is 11.6 Å². The van der Waals surface area contributed by atoms with Crippen LogP contribution in [0.4, 0.5) is 8.78 Å². The summed E-state index contributed by atoms with van der Waals surface area (Å²) in [5.74, 6) is -1.28. The molecule has 4 aromatic rings. The number of aryl methyl sites for hydroxylation is 1. The molecule has 0 spiro atoms. The molecule has 0 atom stereocenters. The SMILES string of the molecule is Cn1[nH]cc2c(F)c3c(=O)cc(-c4cc(C#N)ccc4F)nc3cc21. The fourth-order valence-corrected chi connectivity index (χ4v) is 2.89. The van der Waals surface area contributed by atoms with Crippen LogP contribution in [-0.4, -0.2) is 14.8 Å². The smallest absolute Gasteiger partial charge is 0.193 e. The minimum absolute atomic E-state index is 0.0250. The fraction of sp³-hybridized carbons (Fsp3) is 0.0556. The second-order valence-corrected chi connectivity index (χ2v) is 5.66. The number of nitrogens with one attached hydrogen (secondary N) is 1. The van der Waals surface area contributed by atoms with Gasteiger partial charge in [-0.1, -0.05) is 0 Å². The summed E-state index contributed by atoms with van der Waals surface area (Å²) in [6.45, 7) is 0. The van der Waals surface area contributed by atoms with Crippen LogP contribution >= 0.6 is 0 Å². The standard InChI is InChI=1S/C18H10F2N4O/c1-24-15-5-14-17(18(20)11(15)8-22-24)16(25)6-13(23-14)10-4-9(7-21)2-3-12(10)19/h2-6,8,22H,1H3. The molecule has 25 heavy (non-hydrogen) atoms. The number of nitrogens with zero attached hydrogens (tertiary/aromatic N) is 3. The Labute approximate surface area is 139 Å². The van der Waals surface area contributed by atoms with Gasteiger partial charge in [-0.25, -0.2) is 13.8 Å². The molecule has 0 fully saturated rings. The highest BCUT2D eigenvalue weighted by atomic mass is 19.1. The molecule has 1 N–H and O–H groups in total. The highest BCUT2D eigenvalue weighted by Crippen LogP contribution is 2.27. The van der Waals surface area contributed by atoms with Gasteiger partial charge < -0.3 is 5.10 Å². The zero-order chi connectivity index (χ0) is 17.7. The number of benzene rings is 2. The third kappa shape index (κ3) is 2.19. The number of H-pyrrole nitrogens is 1. The van der Waals surface area contributed by atoms with Crippen molar-refractivity contribution in [3.05, 3.63) is 63.9 Å². The highest BCUT2D eigenvalue weighted by molar-refractivity contribution is 5.96. The maximum Gasteiger partial charge on any atom is 0.193 e. The molecule has 2 aromatic heterocycles. The third-order valence-corrected chi connectivity index (χ3v) is 4.15. The van der Waals surface area contributed by atoms with Crippen LogP contribution in [-0.2, 0) is 7.05 Å². The second-order valence-electron chi connectivity index (χ2n) is 5.66. The summed E-state index contributed by atoms with van der Waals surface area (Å²) in [5, 5.41) is 11.9. The first kappa shape index (κ1) is 15.0. The van der Waals surface area contributed by atoms with Crippen molar-refractivity contribution in [2.24, 2.45) is 7.05 Å². The van der Waals surface area contributed by atoms with E-state index in [1.54, 1.807) is 17.8 Å². The fourth-order valence-electron chi connectivity index (χ4n) is 2.89. The topological polar surface area (TPSA) is 74.5 Å². The van der Waals surface area contributed by atoms with Crippen molar-refractivity contribution in [3.63, 3.8) is 0 Å². The van der Waals surface area contributed by atoms with Crippen LogP contribution in [0.25, 0.3) is 33.1 Å². The van der Waals surface area contributed by atoms with Gasteiger partial charge in [-0.05, 0) is 24.3 Å². The molecule has 2 heterocycles. The quantitative estimate of drug-likeness (QED) is 0.580. The second kappa shape index (κ2) is 5.24. The maximum absolute atomic E-state index is 14.7. The first-order chi connectivity index (χ1) is 12.0. The van der Waals surface area contributed by atoms with Gasteiger partial charge in [0.05, 0.1) is 39.1 Å². The zero-order valence-corrected chi connectivity index (χ0v) is 13.0. The van der Waals surface area contributed by atoms with Gasteiger partial charge in [0, 0.05) is 24.9 Å². The van der Waals surface area contributed by atoms with E-state index in [2.05, 4.69) is 10.1 Å². The lowest BCUT2D eigenvalue weighted by Crippen LogP contribution is -2.06. The number of fused-ring (bicyclic) bond motifs is 2. The molecule has 0 unspecified atom stereocenters. The van der Waals surface area contributed by atoms with Crippen LogP contribution < -0.4 is 5.43 Å². The molecule has 7 heteroatoms. The molecule has 0 aliphatic heterocycles. The summed E-state index contributed by atoms with van der Waals surface area (Å²) >= 11 is 0. The molecular formula is C18H10F2N4O. The van der Waals surface area contributed by atoms with Crippen molar-refractivity contribution in [2.75, 3.05) is 0 Å². The van der Waals surface area contributed by atoms with Crippen LogP contribution in [0, 0.1) is 23.0 Å². The molecule has 0 saturated heterocycles. The molecule has 4 rings (SSSR count). The van der Waals surface area contributed by atoms with Crippen molar-refractivity contribution in [1.82, 2.24) is 14.8 Å². The Bertz CT molecular complexity index is 1260. The number of hydrogen-bond acceptors (Lipinski definition) is 3. The Morgan fingerprint density at radius 3 is 2.80 bits per heavy atom. The lowest BCUT2D eigenvalue weighted by Gasteiger charge is -2.06. The van der Waals surface area contributed by atoms with Gasteiger partial charge in [-0.15, -0.1) is 0 Å². The molecule has 0 aliphatic carbocycles. The molecule has 0 amide bonds. The Balaban J connectivity index is 2.09. The van der Waals surface area contributed by atoms with Crippen molar-refractivity contribution in [3.8, 4) is 17.3 Å². The average Bonchev–Trinajstić information content (AvgIpc) is 2.96. The number of rotatable bonds is 1. The van der Waals surface area contributed by atoms with Gasteiger partial charge in [0.2, 0.25) is 0 Å². The Morgan fingerprint density at radius 2 is 2.04 bits per heavy atom. The summed E-state index contributed by atoms with van der Waals surface area (Å²) < 4.78 is 30.4. The van der Waals surface area contributed by atoms with Crippen LogP contribution in [0.1, 0.15) is 5.56 Å². The van der Waals surface area contributed by atoms with E-state index in [4.69, 9.17) is 5.26 Å². The summed E-state index contributed by atoms with van der Waals surface area (Å²) in [5.41, 5.74) is 0.389. The zero-order valence-electron chi connectivity index (χ0n) is 13.0. The van der Waals surface area contributed by atoms with E-state index in [0.717, 1.165) is 12.1 Å². The predicted octanol–water partition coefficient (Wildman–Crippen LogP) is 3.23. The van der Waals surface area contributed by atoms with E-state index < -0.39 is 17.1 Å². The number of nitriles is 1. The molecule has 2 aromatic carbocycles. The van der Waals surface area contributed by atoms with Crippen molar-refractivity contribution < 1.29 is 8.78 Å². The number of pyridine rings is 1. The molecule has 0 saturated carbocycles. The molecule has 122 valence electrons. The van der Waals surface area contributed by atoms with Gasteiger partial charge in [0.25, 0.3) is 0 Å². The molecular weight excluding hydrogens is 326 g/mol. The first-order valence-corrected chi connectivity index (χ1v) is 7.37. The maximum atomic E-state index is 14.7. The summed E-state index contributed by atoms with van der Waals surface area (Å²) in [4.78, 5) is 16.7. The third-order valence-electron chi connectivity index (χ3n) is 4.15.